The zero-order valence-electron chi connectivity index (χ0n) is 22.5. The summed E-state index contributed by atoms with van der Waals surface area (Å²) in [7, 11) is 0. The number of carboxylic acid groups (broad SMARTS) is 2. The first-order valence-electron chi connectivity index (χ1n) is 15.2. The van der Waals surface area contributed by atoms with E-state index in [9.17, 15) is 29.4 Å². The molecule has 8 heteroatoms. The van der Waals surface area contributed by atoms with Crippen LogP contribution in [0.4, 0.5) is 0 Å². The zero-order chi connectivity index (χ0) is 27.3. The highest BCUT2D eigenvalue weighted by Gasteiger charge is 2.53. The topological polar surface area (TPSA) is 133 Å². The molecule has 0 aromatic rings. The lowest BCUT2D eigenvalue weighted by atomic mass is 9.75. The smallest absolute Gasteiger partial charge is 0.307 e. The Morgan fingerprint density at radius 3 is 1.21 bits per heavy atom. The van der Waals surface area contributed by atoms with Crippen molar-refractivity contribution in [2.24, 2.45) is 59.2 Å². The molecule has 0 radical (unpaired) electrons. The van der Waals surface area contributed by atoms with Crippen LogP contribution < -0.4 is 10.6 Å². The number of hydrogen-bond donors (Lipinski definition) is 4. The standard InChI is InChI=1S/C31H42N2O6/c34-28(24-18-5-7-20(14-18)26(24)30(36)37)32-22-9-1-16(2-10-22)13-17-3-11-23(12-4-17)33-29(35)25-19-6-8-21(15-19)27(25)31(38)39/h5-8,16-27H,1-4,9-15H2,(H,32,34)(H,33,35)(H,36,37)(H,38,39)/t16?,17?,18-,19+,20-,21-,22?,23?,24+,25+,26-,27-/m0/s1. The maximum atomic E-state index is 13.0. The molecule has 6 rings (SSSR count). The van der Waals surface area contributed by atoms with Crippen LogP contribution in [-0.2, 0) is 19.2 Å². The van der Waals surface area contributed by atoms with Crippen LogP contribution in [-0.4, -0.2) is 46.0 Å². The van der Waals surface area contributed by atoms with Gasteiger partial charge in [0.2, 0.25) is 11.8 Å². The van der Waals surface area contributed by atoms with E-state index >= 15 is 0 Å². The van der Waals surface area contributed by atoms with Gasteiger partial charge >= 0.3 is 11.9 Å². The second-order valence-electron chi connectivity index (χ2n) is 13.4. The van der Waals surface area contributed by atoms with E-state index in [4.69, 9.17) is 0 Å². The SMILES string of the molecule is O=C(O)[C@@H]1[C@H](C(=O)NC2CCC(CC3CCC(NC(=O)[C@H]4[C@@H](C(=O)O)[C@H]5C=C[C@H]4C5)CC3)CC2)[C@@H]2C=C[C@H]1C2. The maximum absolute atomic E-state index is 13.0. The molecule has 4 saturated carbocycles. The lowest BCUT2D eigenvalue weighted by Crippen LogP contribution is -2.46. The van der Waals surface area contributed by atoms with Crippen molar-refractivity contribution in [1.82, 2.24) is 10.6 Å². The fourth-order valence-corrected chi connectivity index (χ4v) is 9.18. The van der Waals surface area contributed by atoms with E-state index in [1.807, 2.05) is 24.3 Å². The van der Waals surface area contributed by atoms with Gasteiger partial charge in [-0.2, -0.15) is 0 Å². The minimum Gasteiger partial charge on any atom is -0.481 e. The van der Waals surface area contributed by atoms with E-state index in [0.717, 1.165) is 64.2 Å². The first kappa shape index (κ1) is 26.6. The highest BCUT2D eigenvalue weighted by Crippen LogP contribution is 2.49. The van der Waals surface area contributed by atoms with Gasteiger partial charge in [0, 0.05) is 12.1 Å². The van der Waals surface area contributed by atoms with E-state index in [0.29, 0.717) is 11.8 Å². The van der Waals surface area contributed by atoms with Crippen LogP contribution in [0.2, 0.25) is 0 Å². The molecule has 6 aliphatic rings. The Balaban J connectivity index is 0.912. The van der Waals surface area contributed by atoms with Gasteiger partial charge in [0.05, 0.1) is 23.7 Å². The van der Waals surface area contributed by atoms with Gasteiger partial charge in [0.25, 0.3) is 0 Å². The Kier molecular flexibility index (Phi) is 7.32. The molecule has 4 N–H and O–H groups in total. The maximum Gasteiger partial charge on any atom is 0.307 e. The second kappa shape index (κ2) is 10.7. The molecule has 4 fully saturated rings. The largest absolute Gasteiger partial charge is 0.481 e. The third-order valence-electron chi connectivity index (χ3n) is 11.1. The minimum atomic E-state index is -0.850. The Hall–Kier alpha value is -2.64. The number of nitrogens with one attached hydrogen (secondary N) is 2. The molecule has 0 aromatic carbocycles. The molecule has 0 saturated heterocycles. The number of hydrogen-bond acceptors (Lipinski definition) is 4. The molecule has 0 unspecified atom stereocenters. The summed E-state index contributed by atoms with van der Waals surface area (Å²) in [6.45, 7) is 0. The summed E-state index contributed by atoms with van der Waals surface area (Å²) < 4.78 is 0. The normalized spacial score (nSPS) is 43.9. The number of amides is 2. The fraction of sp³-hybridized carbons (Fsp3) is 0.742. The van der Waals surface area contributed by atoms with Crippen LogP contribution in [0.25, 0.3) is 0 Å². The van der Waals surface area contributed by atoms with Crippen LogP contribution in [0.5, 0.6) is 0 Å². The van der Waals surface area contributed by atoms with E-state index in [2.05, 4.69) is 10.6 Å². The predicted octanol–water partition coefficient (Wildman–Crippen LogP) is 3.77. The van der Waals surface area contributed by atoms with Gasteiger partial charge in [-0.15, -0.1) is 0 Å². The van der Waals surface area contributed by atoms with Crippen LogP contribution >= 0.6 is 0 Å². The lowest BCUT2D eigenvalue weighted by molar-refractivity contribution is -0.148. The van der Waals surface area contributed by atoms with Crippen molar-refractivity contribution in [3.63, 3.8) is 0 Å². The summed E-state index contributed by atoms with van der Waals surface area (Å²) in [4.78, 5) is 49.6. The number of carboxylic acids is 2. The van der Waals surface area contributed by atoms with Crippen LogP contribution in [0.1, 0.15) is 70.6 Å². The molecule has 8 atom stereocenters. The number of aliphatic carboxylic acids is 2. The fourth-order valence-electron chi connectivity index (χ4n) is 9.18. The molecule has 0 aromatic heterocycles. The number of fused-ring (bicyclic) bond motifs is 4. The third kappa shape index (κ3) is 5.16. The Morgan fingerprint density at radius 2 is 0.872 bits per heavy atom. The van der Waals surface area contributed by atoms with Gasteiger partial charge in [-0.1, -0.05) is 24.3 Å². The average Bonchev–Trinajstić information content (AvgIpc) is 3.71. The summed E-state index contributed by atoms with van der Waals surface area (Å²) in [5, 5.41) is 25.7. The number of carbonyl (C=O) groups is 4. The molecule has 4 bridgehead atoms. The monoisotopic (exact) mass is 538 g/mol. The van der Waals surface area contributed by atoms with E-state index in [1.165, 1.54) is 6.42 Å². The Labute approximate surface area is 230 Å². The predicted molar refractivity (Wildman–Crippen MR) is 143 cm³/mol. The molecule has 212 valence electrons. The molecule has 39 heavy (non-hydrogen) atoms. The van der Waals surface area contributed by atoms with Crippen molar-refractivity contribution in [2.75, 3.05) is 0 Å². The van der Waals surface area contributed by atoms with Crippen LogP contribution in [0.15, 0.2) is 24.3 Å². The molecule has 8 nitrogen and oxygen atoms in total. The van der Waals surface area contributed by atoms with E-state index in [1.54, 1.807) is 0 Å². The number of allylic oxidation sites excluding steroid dienone is 4. The summed E-state index contributed by atoms with van der Waals surface area (Å²) in [6, 6.07) is 0.292. The van der Waals surface area contributed by atoms with Gasteiger partial charge in [0.15, 0.2) is 0 Å². The van der Waals surface area contributed by atoms with Crippen LogP contribution in [0.3, 0.4) is 0 Å². The third-order valence-corrected chi connectivity index (χ3v) is 11.1. The van der Waals surface area contributed by atoms with Gasteiger partial charge in [0.1, 0.15) is 0 Å². The van der Waals surface area contributed by atoms with Crippen LogP contribution in [0, 0.1) is 59.2 Å². The van der Waals surface area contributed by atoms with Gasteiger partial charge < -0.3 is 20.8 Å². The molecular formula is C31H42N2O6. The van der Waals surface area contributed by atoms with E-state index in [-0.39, 0.29) is 47.6 Å². The Morgan fingerprint density at radius 1 is 0.538 bits per heavy atom. The number of carbonyl (C=O) groups excluding carboxylic acids is 2. The first-order chi connectivity index (χ1) is 18.8. The highest BCUT2D eigenvalue weighted by molar-refractivity contribution is 5.87. The molecule has 0 heterocycles. The van der Waals surface area contributed by atoms with Crippen molar-refractivity contribution in [1.29, 1.82) is 0 Å². The molecular weight excluding hydrogens is 496 g/mol. The molecule has 6 aliphatic carbocycles. The Bertz CT molecular complexity index is 971. The molecule has 0 aliphatic heterocycles. The highest BCUT2D eigenvalue weighted by atomic mass is 16.4. The van der Waals surface area contributed by atoms with Crippen molar-refractivity contribution >= 4 is 23.8 Å². The molecule has 0 spiro atoms. The van der Waals surface area contributed by atoms with Crippen molar-refractivity contribution in [3.05, 3.63) is 24.3 Å². The van der Waals surface area contributed by atoms with Crippen molar-refractivity contribution in [3.8, 4) is 0 Å². The second-order valence-corrected chi connectivity index (χ2v) is 13.4. The van der Waals surface area contributed by atoms with Gasteiger partial charge in [-0.3, -0.25) is 19.2 Å². The van der Waals surface area contributed by atoms with Gasteiger partial charge in [-0.25, -0.2) is 0 Å². The summed E-state index contributed by atoms with van der Waals surface area (Å²) in [5.74, 6) is -2.42. The molecule has 2 amide bonds. The van der Waals surface area contributed by atoms with Crippen molar-refractivity contribution < 1.29 is 29.4 Å². The minimum absolute atomic E-state index is 0.000903. The van der Waals surface area contributed by atoms with Gasteiger partial charge in [-0.05, 0) is 106 Å². The van der Waals surface area contributed by atoms with E-state index < -0.39 is 35.6 Å². The number of rotatable bonds is 8. The summed E-state index contributed by atoms with van der Waals surface area (Å²) in [6.07, 6.45) is 19.0. The zero-order valence-corrected chi connectivity index (χ0v) is 22.5. The lowest BCUT2D eigenvalue weighted by Gasteiger charge is -2.35. The first-order valence-corrected chi connectivity index (χ1v) is 15.2. The average molecular weight is 539 g/mol. The van der Waals surface area contributed by atoms with Crippen molar-refractivity contribution in [2.45, 2.75) is 82.7 Å². The summed E-state index contributed by atoms with van der Waals surface area (Å²) in [5.41, 5.74) is 0. The summed E-state index contributed by atoms with van der Waals surface area (Å²) >= 11 is 0. The quantitative estimate of drug-likeness (QED) is 0.348.